The molecule has 1 heterocycles. The van der Waals surface area contributed by atoms with E-state index < -0.39 is 5.63 Å². The summed E-state index contributed by atoms with van der Waals surface area (Å²) in [5.41, 5.74) is 0.0957. The van der Waals surface area contributed by atoms with Gasteiger partial charge in [0.05, 0.1) is 14.2 Å². The molecule has 0 aliphatic rings. The van der Waals surface area contributed by atoms with Gasteiger partial charge in [-0.05, 0) is 18.2 Å². The van der Waals surface area contributed by atoms with Crippen molar-refractivity contribution in [3.05, 3.63) is 46.8 Å². The highest BCUT2D eigenvalue weighted by Crippen LogP contribution is 2.30. The SMILES string of the molecule is COc1ccc2c(c1)oc(=O)c1c(OC)cccc12. The lowest BCUT2D eigenvalue weighted by atomic mass is 10.1. The fraction of sp³-hybridized carbons (Fsp3) is 0.133. The summed E-state index contributed by atoms with van der Waals surface area (Å²) < 4.78 is 15.7. The molecule has 0 aliphatic carbocycles. The van der Waals surface area contributed by atoms with Crippen molar-refractivity contribution in [2.75, 3.05) is 14.2 Å². The maximum Gasteiger partial charge on any atom is 0.347 e. The van der Waals surface area contributed by atoms with E-state index in [1.54, 1.807) is 19.2 Å². The van der Waals surface area contributed by atoms with Crippen LogP contribution in [-0.4, -0.2) is 14.2 Å². The van der Waals surface area contributed by atoms with E-state index in [0.29, 0.717) is 22.5 Å². The molecule has 0 atom stereocenters. The summed E-state index contributed by atoms with van der Waals surface area (Å²) in [5, 5.41) is 2.13. The molecule has 19 heavy (non-hydrogen) atoms. The van der Waals surface area contributed by atoms with E-state index in [1.165, 1.54) is 7.11 Å². The molecule has 4 nitrogen and oxygen atoms in total. The summed E-state index contributed by atoms with van der Waals surface area (Å²) in [5.74, 6) is 1.17. The van der Waals surface area contributed by atoms with Crippen LogP contribution in [0.15, 0.2) is 45.6 Å². The highest BCUT2D eigenvalue weighted by Gasteiger charge is 2.12. The molecule has 0 saturated carbocycles. The molecule has 3 rings (SSSR count). The van der Waals surface area contributed by atoms with Crippen LogP contribution in [0.2, 0.25) is 0 Å². The van der Waals surface area contributed by atoms with Crippen LogP contribution < -0.4 is 15.1 Å². The lowest BCUT2D eigenvalue weighted by molar-refractivity contribution is 0.413. The molecule has 0 amide bonds. The number of ether oxygens (including phenoxy) is 2. The van der Waals surface area contributed by atoms with Gasteiger partial charge in [-0.25, -0.2) is 4.79 Å². The first-order chi connectivity index (χ1) is 9.24. The Morgan fingerprint density at radius 1 is 1.00 bits per heavy atom. The van der Waals surface area contributed by atoms with Crippen LogP contribution in [0, 0.1) is 0 Å². The van der Waals surface area contributed by atoms with Crippen LogP contribution in [0.5, 0.6) is 11.5 Å². The molecule has 0 N–H and O–H groups in total. The zero-order valence-electron chi connectivity index (χ0n) is 10.6. The van der Waals surface area contributed by atoms with Gasteiger partial charge in [0.2, 0.25) is 0 Å². The second-order valence-corrected chi connectivity index (χ2v) is 4.13. The predicted molar refractivity (Wildman–Crippen MR) is 73.1 cm³/mol. The van der Waals surface area contributed by atoms with E-state index in [0.717, 1.165) is 10.8 Å². The molecule has 0 bridgehead atoms. The average Bonchev–Trinajstić information content (AvgIpc) is 2.46. The third kappa shape index (κ3) is 1.73. The number of hydrogen-bond acceptors (Lipinski definition) is 4. The molecule has 0 aliphatic heterocycles. The molecule has 0 spiro atoms. The Balaban J connectivity index is 2.50. The number of rotatable bonds is 2. The minimum absolute atomic E-state index is 0.409. The maximum atomic E-state index is 12.1. The lowest BCUT2D eigenvalue weighted by Gasteiger charge is -2.07. The number of benzene rings is 2. The van der Waals surface area contributed by atoms with Gasteiger partial charge in [0.25, 0.3) is 0 Å². The van der Waals surface area contributed by atoms with Crippen LogP contribution >= 0.6 is 0 Å². The largest absolute Gasteiger partial charge is 0.497 e. The predicted octanol–water partition coefficient (Wildman–Crippen LogP) is 2.96. The van der Waals surface area contributed by atoms with Crippen LogP contribution in [0.25, 0.3) is 21.7 Å². The van der Waals surface area contributed by atoms with Crippen molar-refractivity contribution >= 4 is 21.7 Å². The van der Waals surface area contributed by atoms with Gasteiger partial charge in [0.1, 0.15) is 22.5 Å². The van der Waals surface area contributed by atoms with Gasteiger partial charge in [-0.1, -0.05) is 12.1 Å². The summed E-state index contributed by atoms with van der Waals surface area (Å²) in [6, 6.07) is 10.9. The second kappa shape index (κ2) is 4.31. The minimum atomic E-state index is -0.409. The minimum Gasteiger partial charge on any atom is -0.497 e. The van der Waals surface area contributed by atoms with Gasteiger partial charge < -0.3 is 13.9 Å². The van der Waals surface area contributed by atoms with E-state index in [-0.39, 0.29) is 0 Å². The Labute approximate surface area is 109 Å². The van der Waals surface area contributed by atoms with Crippen molar-refractivity contribution < 1.29 is 13.9 Å². The van der Waals surface area contributed by atoms with Crippen molar-refractivity contribution in [3.8, 4) is 11.5 Å². The Bertz CT molecular complexity index is 817. The van der Waals surface area contributed by atoms with Crippen molar-refractivity contribution in [2.24, 2.45) is 0 Å². The molecule has 2 aromatic carbocycles. The number of hydrogen-bond donors (Lipinski definition) is 0. The molecule has 0 fully saturated rings. The Morgan fingerprint density at radius 2 is 1.84 bits per heavy atom. The van der Waals surface area contributed by atoms with Crippen LogP contribution in [0.1, 0.15) is 0 Å². The van der Waals surface area contributed by atoms with Crippen molar-refractivity contribution in [1.82, 2.24) is 0 Å². The maximum absolute atomic E-state index is 12.1. The summed E-state index contributed by atoms with van der Waals surface area (Å²) in [7, 11) is 3.11. The molecule has 0 saturated heterocycles. The van der Waals surface area contributed by atoms with E-state index in [9.17, 15) is 4.79 Å². The topological polar surface area (TPSA) is 48.7 Å². The molecule has 3 aromatic rings. The van der Waals surface area contributed by atoms with Gasteiger partial charge >= 0.3 is 5.63 Å². The van der Waals surface area contributed by atoms with E-state index in [1.807, 2.05) is 24.3 Å². The third-order valence-corrected chi connectivity index (χ3v) is 3.13. The average molecular weight is 256 g/mol. The van der Waals surface area contributed by atoms with Crippen molar-refractivity contribution in [1.29, 1.82) is 0 Å². The first-order valence-electron chi connectivity index (χ1n) is 5.82. The van der Waals surface area contributed by atoms with E-state index in [2.05, 4.69) is 0 Å². The monoisotopic (exact) mass is 256 g/mol. The van der Waals surface area contributed by atoms with Crippen LogP contribution in [0.3, 0.4) is 0 Å². The number of methoxy groups -OCH3 is 2. The zero-order valence-corrected chi connectivity index (χ0v) is 10.6. The van der Waals surface area contributed by atoms with Gasteiger partial charge in [0, 0.05) is 16.8 Å². The van der Waals surface area contributed by atoms with Crippen LogP contribution in [0.4, 0.5) is 0 Å². The fourth-order valence-corrected chi connectivity index (χ4v) is 2.22. The smallest absolute Gasteiger partial charge is 0.347 e. The van der Waals surface area contributed by atoms with Gasteiger partial charge in [0.15, 0.2) is 0 Å². The summed E-state index contributed by atoms with van der Waals surface area (Å²) in [4.78, 5) is 12.1. The van der Waals surface area contributed by atoms with E-state index >= 15 is 0 Å². The molecular weight excluding hydrogens is 244 g/mol. The normalized spacial score (nSPS) is 10.8. The van der Waals surface area contributed by atoms with Gasteiger partial charge in [-0.15, -0.1) is 0 Å². The quantitative estimate of drug-likeness (QED) is 0.522. The molecule has 0 unspecified atom stereocenters. The zero-order chi connectivity index (χ0) is 13.4. The fourth-order valence-electron chi connectivity index (χ4n) is 2.22. The number of fused-ring (bicyclic) bond motifs is 3. The molecule has 0 radical (unpaired) electrons. The molecular formula is C15H12O4. The lowest BCUT2D eigenvalue weighted by Crippen LogP contribution is -2.02. The second-order valence-electron chi connectivity index (χ2n) is 4.13. The molecule has 96 valence electrons. The standard InChI is InChI=1S/C15H12O4/c1-17-9-6-7-10-11-4-3-5-12(18-2)14(11)15(16)19-13(10)8-9/h3-8H,1-2H3. The third-order valence-electron chi connectivity index (χ3n) is 3.13. The van der Waals surface area contributed by atoms with E-state index in [4.69, 9.17) is 13.9 Å². The highest BCUT2D eigenvalue weighted by molar-refractivity contribution is 6.06. The molecule has 1 aromatic heterocycles. The van der Waals surface area contributed by atoms with Crippen molar-refractivity contribution in [3.63, 3.8) is 0 Å². The Morgan fingerprint density at radius 3 is 2.58 bits per heavy atom. The molecule has 4 heteroatoms. The summed E-state index contributed by atoms with van der Waals surface area (Å²) in [6.45, 7) is 0. The first kappa shape index (κ1) is 11.6. The van der Waals surface area contributed by atoms with Gasteiger partial charge in [-0.2, -0.15) is 0 Å². The first-order valence-corrected chi connectivity index (χ1v) is 5.82. The Hall–Kier alpha value is -2.49. The Kier molecular flexibility index (Phi) is 2.63. The van der Waals surface area contributed by atoms with Crippen molar-refractivity contribution in [2.45, 2.75) is 0 Å². The summed E-state index contributed by atoms with van der Waals surface area (Å²) in [6.07, 6.45) is 0. The summed E-state index contributed by atoms with van der Waals surface area (Å²) >= 11 is 0. The van der Waals surface area contributed by atoms with Gasteiger partial charge in [-0.3, -0.25) is 0 Å². The highest BCUT2D eigenvalue weighted by atomic mass is 16.5. The van der Waals surface area contributed by atoms with Crippen LogP contribution in [-0.2, 0) is 0 Å².